The SMILES string of the molecule is C.CC.CCc1ccccc1OC(F)F. The van der Waals surface area contributed by atoms with Crippen molar-refractivity contribution in [3.63, 3.8) is 0 Å². The first-order valence-corrected chi connectivity index (χ1v) is 4.76. The van der Waals surface area contributed by atoms with E-state index < -0.39 is 6.61 Å². The fourth-order valence-corrected chi connectivity index (χ4v) is 1.01. The molecule has 3 heteroatoms. The molecule has 0 amide bonds. The summed E-state index contributed by atoms with van der Waals surface area (Å²) in [6, 6.07) is 6.80. The average Bonchev–Trinajstić information content (AvgIpc) is 2.21. The standard InChI is InChI=1S/C9H10F2O.C2H6.CH4/c1-2-7-5-3-4-6-8(7)12-9(10)11;1-2;/h3-6,9H,2H2,1H3;1-2H3;1H4. The van der Waals surface area contributed by atoms with E-state index in [0.29, 0.717) is 6.42 Å². The van der Waals surface area contributed by atoms with Crippen molar-refractivity contribution in [2.24, 2.45) is 0 Å². The Morgan fingerprint density at radius 3 is 2.20 bits per heavy atom. The smallest absolute Gasteiger partial charge is 0.387 e. The Morgan fingerprint density at radius 1 is 1.20 bits per heavy atom. The van der Waals surface area contributed by atoms with Crippen LogP contribution in [0.1, 0.15) is 33.8 Å². The Kier molecular flexibility index (Phi) is 10.3. The van der Waals surface area contributed by atoms with Gasteiger partial charge in [-0.2, -0.15) is 8.78 Å². The fourth-order valence-electron chi connectivity index (χ4n) is 1.01. The second-order valence-electron chi connectivity index (χ2n) is 2.34. The zero-order valence-corrected chi connectivity index (χ0v) is 8.76. The van der Waals surface area contributed by atoms with Crippen molar-refractivity contribution in [2.45, 2.75) is 41.2 Å². The third kappa shape index (κ3) is 6.05. The zero-order valence-electron chi connectivity index (χ0n) is 8.76. The number of aryl methyl sites for hydroxylation is 1. The van der Waals surface area contributed by atoms with Crippen LogP contribution in [0.25, 0.3) is 0 Å². The van der Waals surface area contributed by atoms with Crippen molar-refractivity contribution in [2.75, 3.05) is 0 Å². The van der Waals surface area contributed by atoms with Crippen molar-refractivity contribution in [3.8, 4) is 5.75 Å². The maximum absolute atomic E-state index is 11.8. The summed E-state index contributed by atoms with van der Waals surface area (Å²) in [5.41, 5.74) is 0.804. The second-order valence-corrected chi connectivity index (χ2v) is 2.34. The summed E-state index contributed by atoms with van der Waals surface area (Å²) in [7, 11) is 0. The van der Waals surface area contributed by atoms with Gasteiger partial charge in [-0.3, -0.25) is 0 Å². The third-order valence-corrected chi connectivity index (χ3v) is 1.57. The summed E-state index contributed by atoms with van der Waals surface area (Å²) in [4.78, 5) is 0. The summed E-state index contributed by atoms with van der Waals surface area (Å²) in [6.45, 7) is 3.16. The van der Waals surface area contributed by atoms with E-state index in [-0.39, 0.29) is 13.2 Å². The summed E-state index contributed by atoms with van der Waals surface area (Å²) >= 11 is 0. The van der Waals surface area contributed by atoms with E-state index in [9.17, 15) is 8.78 Å². The molecule has 0 saturated carbocycles. The highest BCUT2D eigenvalue weighted by Gasteiger charge is 2.06. The molecule has 1 nitrogen and oxygen atoms in total. The van der Waals surface area contributed by atoms with Crippen LogP contribution in [0.5, 0.6) is 5.75 Å². The van der Waals surface area contributed by atoms with Crippen molar-refractivity contribution >= 4 is 0 Å². The van der Waals surface area contributed by atoms with Crippen LogP contribution in [0.2, 0.25) is 0 Å². The second kappa shape index (κ2) is 9.44. The van der Waals surface area contributed by atoms with Crippen molar-refractivity contribution in [1.29, 1.82) is 0 Å². The Balaban J connectivity index is 0. The number of hydrogen-bond acceptors (Lipinski definition) is 1. The molecule has 0 aliphatic heterocycles. The first-order valence-electron chi connectivity index (χ1n) is 4.76. The number of alkyl halides is 2. The average molecular weight is 218 g/mol. The molecule has 0 atom stereocenters. The molecule has 0 fully saturated rings. The first kappa shape index (κ1) is 16.3. The number of rotatable bonds is 3. The van der Waals surface area contributed by atoms with E-state index in [2.05, 4.69) is 4.74 Å². The molecule has 0 spiro atoms. The van der Waals surface area contributed by atoms with Gasteiger partial charge >= 0.3 is 6.61 Å². The van der Waals surface area contributed by atoms with Crippen molar-refractivity contribution < 1.29 is 13.5 Å². The number of benzene rings is 1. The number of ether oxygens (including phenoxy) is 1. The van der Waals surface area contributed by atoms with Crippen molar-refractivity contribution in [3.05, 3.63) is 29.8 Å². The van der Waals surface area contributed by atoms with Crippen LogP contribution < -0.4 is 4.74 Å². The van der Waals surface area contributed by atoms with Gasteiger partial charge in [-0.15, -0.1) is 0 Å². The molecule has 0 aliphatic rings. The van der Waals surface area contributed by atoms with E-state index in [4.69, 9.17) is 0 Å². The number of hydrogen-bond donors (Lipinski definition) is 0. The highest BCUT2D eigenvalue weighted by atomic mass is 19.3. The maximum Gasteiger partial charge on any atom is 0.387 e. The minimum Gasteiger partial charge on any atom is -0.435 e. The highest BCUT2D eigenvalue weighted by molar-refractivity contribution is 5.33. The van der Waals surface area contributed by atoms with Gasteiger partial charge in [-0.1, -0.05) is 46.4 Å². The molecular formula is C12H20F2O. The summed E-state index contributed by atoms with van der Waals surface area (Å²) in [6.07, 6.45) is 0.697. The molecular weight excluding hydrogens is 198 g/mol. The van der Waals surface area contributed by atoms with Gasteiger partial charge in [0.2, 0.25) is 0 Å². The van der Waals surface area contributed by atoms with Crippen LogP contribution in [0, 0.1) is 0 Å². The lowest BCUT2D eigenvalue weighted by Gasteiger charge is -2.07. The molecule has 0 aliphatic carbocycles. The quantitative estimate of drug-likeness (QED) is 0.725. The largest absolute Gasteiger partial charge is 0.435 e. The normalized spacial score (nSPS) is 8.67. The minimum absolute atomic E-state index is 0. The van der Waals surface area contributed by atoms with Crippen LogP contribution in [0.4, 0.5) is 8.78 Å². The van der Waals surface area contributed by atoms with Gasteiger partial charge in [0.05, 0.1) is 0 Å². The first-order chi connectivity index (χ1) is 6.74. The predicted molar refractivity (Wildman–Crippen MR) is 60.5 cm³/mol. The molecule has 1 aromatic carbocycles. The topological polar surface area (TPSA) is 9.23 Å². The molecule has 0 heterocycles. The lowest BCUT2D eigenvalue weighted by molar-refractivity contribution is -0.0504. The molecule has 15 heavy (non-hydrogen) atoms. The lowest BCUT2D eigenvalue weighted by Crippen LogP contribution is -2.03. The van der Waals surface area contributed by atoms with E-state index in [1.807, 2.05) is 20.8 Å². The zero-order chi connectivity index (χ0) is 11.0. The molecule has 0 radical (unpaired) electrons. The van der Waals surface area contributed by atoms with Gasteiger partial charge in [0, 0.05) is 0 Å². The van der Waals surface area contributed by atoms with Gasteiger partial charge in [-0.05, 0) is 18.1 Å². The lowest BCUT2D eigenvalue weighted by atomic mass is 10.1. The Hall–Kier alpha value is -1.12. The molecule has 0 N–H and O–H groups in total. The Morgan fingerprint density at radius 2 is 1.73 bits per heavy atom. The van der Waals surface area contributed by atoms with E-state index in [1.54, 1.807) is 24.3 Å². The summed E-state index contributed by atoms with van der Waals surface area (Å²) in [5, 5.41) is 0. The number of para-hydroxylation sites is 1. The Labute approximate surface area is 91.1 Å². The monoisotopic (exact) mass is 218 g/mol. The van der Waals surface area contributed by atoms with Gasteiger partial charge < -0.3 is 4.74 Å². The van der Waals surface area contributed by atoms with E-state index in [1.165, 1.54) is 0 Å². The highest BCUT2D eigenvalue weighted by Crippen LogP contribution is 2.20. The van der Waals surface area contributed by atoms with Gasteiger partial charge in [-0.25, -0.2) is 0 Å². The van der Waals surface area contributed by atoms with Gasteiger partial charge in [0.15, 0.2) is 0 Å². The minimum atomic E-state index is -2.74. The maximum atomic E-state index is 11.8. The molecule has 1 aromatic rings. The van der Waals surface area contributed by atoms with Gasteiger partial charge in [0.25, 0.3) is 0 Å². The molecule has 1 rings (SSSR count). The molecule has 0 bridgehead atoms. The van der Waals surface area contributed by atoms with E-state index in [0.717, 1.165) is 5.56 Å². The summed E-state index contributed by atoms with van der Waals surface area (Å²) in [5.74, 6) is 0.273. The molecule has 88 valence electrons. The predicted octanol–water partition coefficient (Wildman–Crippen LogP) is 4.51. The summed E-state index contributed by atoms with van der Waals surface area (Å²) < 4.78 is 27.9. The van der Waals surface area contributed by atoms with Crippen LogP contribution in [0.3, 0.4) is 0 Å². The molecule has 0 saturated heterocycles. The van der Waals surface area contributed by atoms with Crippen LogP contribution in [-0.4, -0.2) is 6.61 Å². The third-order valence-electron chi connectivity index (χ3n) is 1.57. The van der Waals surface area contributed by atoms with E-state index >= 15 is 0 Å². The molecule has 0 unspecified atom stereocenters. The number of halogens is 2. The Bertz CT molecular complexity index is 249. The van der Waals surface area contributed by atoms with Crippen LogP contribution in [0.15, 0.2) is 24.3 Å². The van der Waals surface area contributed by atoms with Crippen LogP contribution >= 0.6 is 0 Å². The fraction of sp³-hybridized carbons (Fsp3) is 0.500. The molecule has 0 aromatic heterocycles. The van der Waals surface area contributed by atoms with Crippen LogP contribution in [-0.2, 0) is 6.42 Å². The van der Waals surface area contributed by atoms with Gasteiger partial charge in [0.1, 0.15) is 5.75 Å². The van der Waals surface area contributed by atoms with Crippen molar-refractivity contribution in [1.82, 2.24) is 0 Å².